The van der Waals surface area contributed by atoms with E-state index in [4.69, 9.17) is 0 Å². The molecule has 0 saturated carbocycles. The van der Waals surface area contributed by atoms with Crippen molar-refractivity contribution in [2.75, 3.05) is 0 Å². The molecule has 0 bridgehead atoms. The maximum Gasteiger partial charge on any atom is 0.150 e. The summed E-state index contributed by atoms with van der Waals surface area (Å²) in [6, 6.07) is 7.11. The average Bonchev–Trinajstić information content (AvgIpc) is 1.90. The van der Waals surface area contributed by atoms with Crippen molar-refractivity contribution in [2.45, 2.75) is 0 Å². The normalized spacial score (nSPS) is 8.10. The van der Waals surface area contributed by atoms with E-state index in [1.807, 2.05) is 12.1 Å². The highest BCUT2D eigenvalue weighted by atomic mass is 127. The van der Waals surface area contributed by atoms with Gasteiger partial charge in [-0.3, -0.25) is 4.79 Å². The fourth-order valence-electron chi connectivity index (χ4n) is 0.596. The molecule has 0 unspecified atom stereocenters. The first kappa shape index (κ1) is 9.58. The van der Waals surface area contributed by atoms with Gasteiger partial charge in [0.05, 0.1) is 0 Å². The van der Waals surface area contributed by atoms with Crippen LogP contribution in [-0.4, -0.2) is 6.29 Å². The first-order valence-electron chi connectivity index (χ1n) is 2.70. The third-order valence-corrected chi connectivity index (χ3v) is 1.12. The van der Waals surface area contributed by atoms with Crippen LogP contribution in [0.25, 0.3) is 0 Å². The van der Waals surface area contributed by atoms with E-state index in [1.165, 1.54) is 0 Å². The van der Waals surface area contributed by atoms with Crippen molar-refractivity contribution in [2.24, 2.45) is 0 Å². The van der Waals surface area contributed by atoms with E-state index in [0.29, 0.717) is 5.56 Å². The molecule has 1 rings (SSSR count). The lowest BCUT2D eigenvalue weighted by Gasteiger charge is -1.86. The molecule has 0 aliphatic heterocycles. The van der Waals surface area contributed by atoms with E-state index in [9.17, 15) is 4.79 Å². The van der Waals surface area contributed by atoms with Crippen LogP contribution in [0.3, 0.4) is 0 Å². The number of carbonyl (C=O) groups is 1. The van der Waals surface area contributed by atoms with Gasteiger partial charge >= 0.3 is 0 Å². The zero-order valence-electron chi connectivity index (χ0n) is 5.38. The average molecular weight is 249 g/mol. The fraction of sp³-hybridized carbons (Fsp3) is 0. The molecule has 10 heavy (non-hydrogen) atoms. The second-order valence-corrected chi connectivity index (χ2v) is 1.86. The first-order valence-corrected chi connectivity index (χ1v) is 2.70. The smallest absolute Gasteiger partial charge is 0.150 e. The third kappa shape index (κ3) is 2.45. The van der Waals surface area contributed by atoms with Gasteiger partial charge in [0, 0.05) is 5.56 Å². The Labute approximate surface area is 76.4 Å². The summed E-state index contributed by atoms with van der Waals surface area (Å²) in [4.78, 5) is 10.1. The van der Waals surface area contributed by atoms with Crippen LogP contribution >= 0.6 is 0 Å². The minimum absolute atomic E-state index is 0. The zero-order chi connectivity index (χ0) is 6.69. The highest BCUT2D eigenvalue weighted by Gasteiger charge is 1.88. The Morgan fingerprint density at radius 2 is 1.70 bits per heavy atom. The number of aldehydes is 1. The summed E-state index contributed by atoms with van der Waals surface area (Å²) in [5.41, 5.74) is 5.31. The predicted molar refractivity (Wildman–Crippen MR) is 34.4 cm³/mol. The number of hydrogen-bond acceptors (Lipinski definition) is 1. The molecule has 0 aliphatic carbocycles. The van der Waals surface area contributed by atoms with E-state index in [2.05, 4.69) is 5.73 Å². The number of quaternary nitrogens is 1. The van der Waals surface area contributed by atoms with Crippen LogP contribution in [0.5, 0.6) is 0 Å². The maximum atomic E-state index is 10.1. The molecule has 0 aliphatic rings. The van der Waals surface area contributed by atoms with E-state index >= 15 is 0 Å². The van der Waals surface area contributed by atoms with Crippen LogP contribution in [0.1, 0.15) is 10.4 Å². The predicted octanol–water partition coefficient (Wildman–Crippen LogP) is -2.62. The van der Waals surface area contributed by atoms with Crippen molar-refractivity contribution in [3.63, 3.8) is 0 Å². The van der Waals surface area contributed by atoms with Crippen molar-refractivity contribution in [3.05, 3.63) is 29.8 Å². The van der Waals surface area contributed by atoms with Crippen molar-refractivity contribution >= 4 is 12.0 Å². The minimum Gasteiger partial charge on any atom is -1.00 e. The molecule has 1 aromatic carbocycles. The molecule has 0 fully saturated rings. The highest BCUT2D eigenvalue weighted by Crippen LogP contribution is 1.99. The van der Waals surface area contributed by atoms with Gasteiger partial charge in [-0.15, -0.1) is 0 Å². The molecular weight excluding hydrogens is 241 g/mol. The summed E-state index contributed by atoms with van der Waals surface area (Å²) in [6.07, 6.45) is 0.819. The molecule has 0 spiro atoms. The Morgan fingerprint density at radius 1 is 1.20 bits per heavy atom. The Balaban J connectivity index is 0.000000810. The quantitative estimate of drug-likeness (QED) is 0.429. The van der Waals surface area contributed by atoms with Crippen molar-refractivity contribution in [3.8, 4) is 0 Å². The van der Waals surface area contributed by atoms with Crippen molar-refractivity contribution in [1.29, 1.82) is 0 Å². The molecule has 3 N–H and O–H groups in total. The van der Waals surface area contributed by atoms with E-state index in [1.54, 1.807) is 12.1 Å². The molecule has 3 heteroatoms. The molecule has 0 saturated heterocycles. The number of halogens is 1. The molecule has 2 nitrogen and oxygen atoms in total. The van der Waals surface area contributed by atoms with Gasteiger partial charge in [0.2, 0.25) is 0 Å². The Bertz CT molecular complexity index is 207. The maximum absolute atomic E-state index is 10.1. The minimum atomic E-state index is 0. The lowest BCUT2D eigenvalue weighted by atomic mass is 10.2. The molecule has 0 amide bonds. The number of hydrogen-bond donors (Lipinski definition) is 1. The largest absolute Gasteiger partial charge is 1.00 e. The SMILES string of the molecule is [I-].[NH3+]c1ccc(C=O)cc1. The lowest BCUT2D eigenvalue weighted by molar-refractivity contribution is -0.254. The van der Waals surface area contributed by atoms with E-state index in [0.717, 1.165) is 12.0 Å². The highest BCUT2D eigenvalue weighted by molar-refractivity contribution is 5.74. The van der Waals surface area contributed by atoms with Gasteiger partial charge in [-0.2, -0.15) is 0 Å². The van der Waals surface area contributed by atoms with Crippen LogP contribution in [-0.2, 0) is 0 Å². The van der Waals surface area contributed by atoms with Crippen LogP contribution in [0.2, 0.25) is 0 Å². The summed E-state index contributed by atoms with van der Waals surface area (Å²) in [7, 11) is 0. The molecular formula is C7H8INO. The number of carbonyl (C=O) groups excluding carboxylic acids is 1. The second kappa shape index (κ2) is 4.40. The fourth-order valence-corrected chi connectivity index (χ4v) is 0.596. The van der Waals surface area contributed by atoms with Gasteiger partial charge in [0.25, 0.3) is 0 Å². The Morgan fingerprint density at radius 3 is 2.10 bits per heavy atom. The summed E-state index contributed by atoms with van der Waals surface area (Å²) < 4.78 is 0. The van der Waals surface area contributed by atoms with Crippen molar-refractivity contribution < 1.29 is 34.5 Å². The number of rotatable bonds is 1. The molecule has 0 heterocycles. The van der Waals surface area contributed by atoms with Crippen LogP contribution < -0.4 is 29.7 Å². The summed E-state index contributed by atoms with van der Waals surface area (Å²) in [6.45, 7) is 0. The Hall–Kier alpha value is -0.420. The van der Waals surface area contributed by atoms with Gasteiger partial charge < -0.3 is 29.7 Å². The van der Waals surface area contributed by atoms with Gasteiger partial charge in [-0.1, -0.05) is 0 Å². The van der Waals surface area contributed by atoms with E-state index in [-0.39, 0.29) is 24.0 Å². The van der Waals surface area contributed by atoms with Gasteiger partial charge in [0.15, 0.2) is 0 Å². The summed E-state index contributed by atoms with van der Waals surface area (Å²) in [5, 5.41) is 0. The van der Waals surface area contributed by atoms with Crippen LogP contribution in [0.4, 0.5) is 5.69 Å². The molecule has 0 radical (unpaired) electrons. The Kier molecular flexibility index (Phi) is 4.22. The second-order valence-electron chi connectivity index (χ2n) is 1.86. The standard InChI is InChI=1S/C7H7NO.HI/c8-7-3-1-6(5-9)2-4-7;/h1-5H,8H2;1H. The summed E-state index contributed by atoms with van der Waals surface area (Å²) in [5.74, 6) is 0. The first-order chi connectivity index (χ1) is 4.33. The van der Waals surface area contributed by atoms with Crippen LogP contribution in [0.15, 0.2) is 24.3 Å². The molecule has 0 aromatic heterocycles. The summed E-state index contributed by atoms with van der Waals surface area (Å²) >= 11 is 0. The third-order valence-electron chi connectivity index (χ3n) is 1.12. The van der Waals surface area contributed by atoms with Gasteiger partial charge in [-0.05, 0) is 24.3 Å². The van der Waals surface area contributed by atoms with Gasteiger partial charge in [0.1, 0.15) is 12.0 Å². The van der Waals surface area contributed by atoms with Gasteiger partial charge in [-0.25, -0.2) is 0 Å². The monoisotopic (exact) mass is 249 g/mol. The van der Waals surface area contributed by atoms with E-state index < -0.39 is 0 Å². The lowest BCUT2D eigenvalue weighted by Crippen LogP contribution is -3.00. The van der Waals surface area contributed by atoms with Crippen LogP contribution in [0, 0.1) is 0 Å². The number of benzene rings is 1. The zero-order valence-corrected chi connectivity index (χ0v) is 7.54. The van der Waals surface area contributed by atoms with Crippen molar-refractivity contribution in [1.82, 2.24) is 0 Å². The molecule has 1 aromatic rings. The molecule has 0 atom stereocenters. The molecule has 54 valence electrons. The topological polar surface area (TPSA) is 44.7 Å².